The number of morpholine rings is 1. The van der Waals surface area contributed by atoms with Crippen molar-refractivity contribution in [1.82, 2.24) is 25.0 Å². The minimum Gasteiger partial charge on any atom is -0.374 e. The van der Waals surface area contributed by atoms with Gasteiger partial charge in [-0.15, -0.1) is 0 Å². The Balaban J connectivity index is 1.59. The average Bonchev–Trinajstić information content (AvgIpc) is 3.58. The number of rotatable bonds is 6. The van der Waals surface area contributed by atoms with Gasteiger partial charge in [0.05, 0.1) is 34.8 Å². The average molecular weight is 567 g/mol. The summed E-state index contributed by atoms with van der Waals surface area (Å²) in [5, 5.41) is 18.4. The van der Waals surface area contributed by atoms with E-state index in [1.54, 1.807) is 12.3 Å². The van der Waals surface area contributed by atoms with E-state index in [1.165, 1.54) is 25.7 Å². The second-order valence-corrected chi connectivity index (χ2v) is 12.3. The molecule has 4 heterocycles. The van der Waals surface area contributed by atoms with Crippen LogP contribution in [0.5, 0.6) is 0 Å². The van der Waals surface area contributed by atoms with Crippen LogP contribution in [0.1, 0.15) is 57.6 Å². The molecule has 0 amide bonds. The van der Waals surface area contributed by atoms with Crippen molar-refractivity contribution in [3.63, 3.8) is 0 Å². The largest absolute Gasteiger partial charge is 0.374 e. The van der Waals surface area contributed by atoms with Crippen molar-refractivity contribution in [2.75, 3.05) is 37.0 Å². The number of halogens is 1. The summed E-state index contributed by atoms with van der Waals surface area (Å²) < 4.78 is 8.53. The SMILES string of the molecule is CN(C)c1ncc(Cl)cc1-c1nc(C(=N)NO)cc2nc(N3CCO[C@@H]4CCC[C@H]43)n(C[C@H]3CC[C@H](C)CC3)c12. The lowest BCUT2D eigenvalue weighted by Crippen LogP contribution is -2.49. The summed E-state index contributed by atoms with van der Waals surface area (Å²) in [5.41, 5.74) is 5.35. The normalized spacial score (nSPS) is 24.8. The zero-order valence-corrected chi connectivity index (χ0v) is 24.3. The molecule has 3 N–H and O–H groups in total. The Morgan fingerprint density at radius 2 is 1.98 bits per heavy atom. The van der Waals surface area contributed by atoms with Crippen molar-refractivity contribution in [2.24, 2.45) is 11.8 Å². The number of nitrogens with zero attached hydrogens (tertiary/aromatic N) is 6. The van der Waals surface area contributed by atoms with E-state index in [0.717, 1.165) is 66.6 Å². The van der Waals surface area contributed by atoms with Gasteiger partial charge in [-0.2, -0.15) is 0 Å². The molecule has 0 aromatic carbocycles. The number of ether oxygens (including phenoxy) is 1. The highest BCUT2D eigenvalue weighted by Crippen LogP contribution is 2.40. The summed E-state index contributed by atoms with van der Waals surface area (Å²) in [6.45, 7) is 4.67. The first-order chi connectivity index (χ1) is 19.3. The van der Waals surface area contributed by atoms with Gasteiger partial charge in [0.25, 0.3) is 0 Å². The molecule has 214 valence electrons. The predicted octanol–water partition coefficient (Wildman–Crippen LogP) is 5.10. The van der Waals surface area contributed by atoms with Crippen LogP contribution in [0.2, 0.25) is 5.02 Å². The second-order valence-electron chi connectivity index (χ2n) is 11.9. The summed E-state index contributed by atoms with van der Waals surface area (Å²) in [6.07, 6.45) is 10.1. The molecule has 3 aliphatic rings. The van der Waals surface area contributed by atoms with Crippen LogP contribution in [0, 0.1) is 17.2 Å². The highest BCUT2D eigenvalue weighted by Gasteiger charge is 2.39. The molecule has 2 atom stereocenters. The minimum absolute atomic E-state index is 0.191. The maximum Gasteiger partial charge on any atom is 0.207 e. The van der Waals surface area contributed by atoms with Gasteiger partial charge in [-0.3, -0.25) is 16.1 Å². The minimum atomic E-state index is -0.191. The van der Waals surface area contributed by atoms with Crippen LogP contribution in [0.15, 0.2) is 18.3 Å². The lowest BCUT2D eigenvalue weighted by atomic mass is 9.83. The number of amidine groups is 1. The Kier molecular flexibility index (Phi) is 7.58. The molecule has 1 aliphatic heterocycles. The van der Waals surface area contributed by atoms with Crippen molar-refractivity contribution in [3.05, 3.63) is 29.0 Å². The third-order valence-electron chi connectivity index (χ3n) is 8.90. The van der Waals surface area contributed by atoms with Gasteiger partial charge in [0.15, 0.2) is 5.84 Å². The van der Waals surface area contributed by atoms with Crippen LogP contribution in [-0.2, 0) is 11.3 Å². The smallest absolute Gasteiger partial charge is 0.207 e. The van der Waals surface area contributed by atoms with Crippen LogP contribution in [0.25, 0.3) is 22.3 Å². The van der Waals surface area contributed by atoms with Crippen LogP contribution < -0.4 is 15.3 Å². The molecule has 10 nitrogen and oxygen atoms in total. The van der Waals surface area contributed by atoms with Gasteiger partial charge in [0.2, 0.25) is 5.95 Å². The predicted molar refractivity (Wildman–Crippen MR) is 158 cm³/mol. The lowest BCUT2D eigenvalue weighted by Gasteiger charge is -2.39. The van der Waals surface area contributed by atoms with E-state index < -0.39 is 0 Å². The van der Waals surface area contributed by atoms with E-state index in [-0.39, 0.29) is 11.9 Å². The van der Waals surface area contributed by atoms with E-state index in [1.807, 2.05) is 30.5 Å². The maximum absolute atomic E-state index is 9.61. The van der Waals surface area contributed by atoms with E-state index in [4.69, 9.17) is 31.7 Å². The number of aromatic nitrogens is 4. The number of imidazole rings is 1. The Bertz CT molecular complexity index is 1400. The first-order valence-electron chi connectivity index (χ1n) is 14.5. The fourth-order valence-electron chi connectivity index (χ4n) is 6.82. The molecule has 3 fully saturated rings. The number of anilines is 2. The topological polar surface area (TPSA) is 115 Å². The van der Waals surface area contributed by atoms with Gasteiger partial charge in [0, 0.05) is 38.9 Å². The van der Waals surface area contributed by atoms with Gasteiger partial charge in [-0.25, -0.2) is 15.0 Å². The Hall–Kier alpha value is -2.95. The van der Waals surface area contributed by atoms with Crippen molar-refractivity contribution in [2.45, 2.75) is 70.6 Å². The summed E-state index contributed by atoms with van der Waals surface area (Å²) >= 11 is 6.50. The molecule has 0 spiro atoms. The molecule has 0 unspecified atom stereocenters. The number of hydrogen-bond acceptors (Lipinski definition) is 8. The fourth-order valence-corrected chi connectivity index (χ4v) is 6.97. The molecule has 40 heavy (non-hydrogen) atoms. The number of hydrogen-bond donors (Lipinski definition) is 3. The van der Waals surface area contributed by atoms with Crippen LogP contribution >= 0.6 is 11.6 Å². The van der Waals surface area contributed by atoms with Gasteiger partial charge in [-0.1, -0.05) is 31.4 Å². The summed E-state index contributed by atoms with van der Waals surface area (Å²) in [4.78, 5) is 19.2. The quantitative estimate of drug-likeness (QED) is 0.214. The molecular formula is C29H39ClN8O2. The van der Waals surface area contributed by atoms with E-state index in [9.17, 15) is 5.21 Å². The molecule has 1 saturated heterocycles. The highest BCUT2D eigenvalue weighted by atomic mass is 35.5. The fraction of sp³-hybridized carbons (Fsp3) is 0.586. The van der Waals surface area contributed by atoms with Crippen molar-refractivity contribution < 1.29 is 9.94 Å². The van der Waals surface area contributed by atoms with Gasteiger partial charge in [-0.05, 0) is 56.1 Å². The van der Waals surface area contributed by atoms with E-state index in [2.05, 4.69) is 21.4 Å². The monoisotopic (exact) mass is 566 g/mol. The molecule has 0 radical (unpaired) electrons. The zero-order valence-electron chi connectivity index (χ0n) is 23.5. The Labute approximate surface area is 240 Å². The van der Waals surface area contributed by atoms with Crippen LogP contribution in [0.3, 0.4) is 0 Å². The summed E-state index contributed by atoms with van der Waals surface area (Å²) in [6, 6.07) is 3.98. The summed E-state index contributed by atoms with van der Waals surface area (Å²) in [7, 11) is 3.88. The van der Waals surface area contributed by atoms with Crippen molar-refractivity contribution in [1.29, 1.82) is 5.41 Å². The first kappa shape index (κ1) is 27.2. The van der Waals surface area contributed by atoms with E-state index in [0.29, 0.717) is 35.0 Å². The highest BCUT2D eigenvalue weighted by molar-refractivity contribution is 6.31. The number of pyridine rings is 2. The Morgan fingerprint density at radius 3 is 2.73 bits per heavy atom. The number of hydroxylamine groups is 1. The van der Waals surface area contributed by atoms with Crippen molar-refractivity contribution in [3.8, 4) is 11.3 Å². The number of fused-ring (bicyclic) bond motifs is 2. The molecule has 0 bridgehead atoms. The van der Waals surface area contributed by atoms with E-state index >= 15 is 0 Å². The van der Waals surface area contributed by atoms with Crippen LogP contribution in [0.4, 0.5) is 11.8 Å². The molecule has 11 heteroatoms. The first-order valence-corrected chi connectivity index (χ1v) is 14.8. The molecule has 2 aliphatic carbocycles. The second kappa shape index (κ2) is 11.1. The number of nitrogens with one attached hydrogen (secondary N) is 2. The van der Waals surface area contributed by atoms with Crippen molar-refractivity contribution >= 4 is 40.2 Å². The lowest BCUT2D eigenvalue weighted by molar-refractivity contribution is 0.0247. The maximum atomic E-state index is 9.61. The molecular weight excluding hydrogens is 528 g/mol. The third kappa shape index (κ3) is 5.01. The Morgan fingerprint density at radius 1 is 1.18 bits per heavy atom. The molecule has 3 aromatic heterocycles. The van der Waals surface area contributed by atoms with Gasteiger partial charge >= 0.3 is 0 Å². The van der Waals surface area contributed by atoms with Gasteiger partial charge in [0.1, 0.15) is 17.2 Å². The summed E-state index contributed by atoms with van der Waals surface area (Å²) in [5.74, 6) is 2.79. The van der Waals surface area contributed by atoms with Gasteiger partial charge < -0.3 is 19.1 Å². The molecule has 2 saturated carbocycles. The van der Waals surface area contributed by atoms with Crippen LogP contribution in [-0.4, -0.2) is 70.0 Å². The standard InChI is InChI=1S/C29H39ClN8O2/c1-17-7-9-18(10-8-17)16-38-26-21(34-29(38)37-11-12-40-24-6-4-5-23(24)37)14-22(27(31)35-39)33-25(26)20-13-19(30)15-32-28(20)36(2)3/h13-15,17-18,23-24,39H,4-12,16H2,1-3H3,(H2,31,35)/t17-,18-,23-,24-/m1/s1. The molecule has 3 aromatic rings. The molecule has 6 rings (SSSR count). The zero-order chi connectivity index (χ0) is 28.0. The third-order valence-corrected chi connectivity index (χ3v) is 9.11.